The number of aliphatic hydroxyl groups is 1. The van der Waals surface area contributed by atoms with Gasteiger partial charge in [-0.2, -0.15) is 13.2 Å². The van der Waals surface area contributed by atoms with Crippen molar-refractivity contribution >= 4 is 11.5 Å². The van der Waals surface area contributed by atoms with Crippen molar-refractivity contribution in [1.29, 1.82) is 0 Å². The highest BCUT2D eigenvalue weighted by Crippen LogP contribution is 2.37. The molecule has 2 aromatic carbocycles. The van der Waals surface area contributed by atoms with Crippen molar-refractivity contribution in [2.24, 2.45) is 0 Å². The number of nitrogens with zero attached hydrogens (tertiary/aromatic N) is 2. The van der Waals surface area contributed by atoms with E-state index < -0.39 is 17.3 Å². The number of rotatable bonds is 7. The van der Waals surface area contributed by atoms with Crippen LogP contribution < -0.4 is 4.90 Å². The molecule has 0 atom stereocenters. The number of piperidine rings is 2. The summed E-state index contributed by atoms with van der Waals surface area (Å²) in [4.78, 5) is 17.2. The average molecular weight is 493 g/mol. The van der Waals surface area contributed by atoms with Crippen LogP contribution in [0.2, 0.25) is 0 Å². The molecule has 8 heteroatoms. The molecule has 4 nitrogen and oxygen atoms in total. The van der Waals surface area contributed by atoms with Gasteiger partial charge in [0.2, 0.25) is 0 Å². The number of likely N-dealkylation sites (tertiary alicyclic amines) is 1. The maximum absolute atomic E-state index is 13.9. The smallest absolute Gasteiger partial charge is 0.385 e. The van der Waals surface area contributed by atoms with E-state index >= 15 is 0 Å². The van der Waals surface area contributed by atoms with E-state index in [0.717, 1.165) is 44.5 Å². The van der Waals surface area contributed by atoms with Crippen molar-refractivity contribution in [2.75, 3.05) is 37.6 Å². The van der Waals surface area contributed by atoms with E-state index in [1.54, 1.807) is 12.1 Å². The molecule has 0 aliphatic carbocycles. The van der Waals surface area contributed by atoms with E-state index in [0.29, 0.717) is 62.1 Å². The second-order valence-electron chi connectivity index (χ2n) is 9.69. The van der Waals surface area contributed by atoms with Crippen LogP contribution in [0.4, 0.5) is 23.2 Å². The molecule has 2 aromatic rings. The van der Waals surface area contributed by atoms with Crippen LogP contribution in [-0.2, 0) is 11.8 Å². The fourth-order valence-corrected chi connectivity index (χ4v) is 5.16. The number of alkyl halides is 3. The molecule has 0 amide bonds. The monoisotopic (exact) mass is 492 g/mol. The van der Waals surface area contributed by atoms with E-state index in [4.69, 9.17) is 0 Å². The molecule has 0 spiro atoms. The third-order valence-electron chi connectivity index (χ3n) is 7.25. The zero-order valence-corrected chi connectivity index (χ0v) is 19.8. The zero-order valence-electron chi connectivity index (χ0n) is 19.8. The molecule has 2 saturated heterocycles. The molecule has 0 bridgehead atoms. The highest BCUT2D eigenvalue weighted by atomic mass is 19.4. The highest BCUT2D eigenvalue weighted by Gasteiger charge is 2.37. The molecule has 0 unspecified atom stereocenters. The number of halogens is 4. The van der Waals surface area contributed by atoms with Gasteiger partial charge in [0.25, 0.3) is 0 Å². The zero-order chi connectivity index (χ0) is 25.1. The fraction of sp³-hybridized carbons (Fsp3) is 0.519. The summed E-state index contributed by atoms with van der Waals surface area (Å²) in [6, 6.07) is 9.30. The van der Waals surface area contributed by atoms with Gasteiger partial charge in [-0.3, -0.25) is 4.79 Å². The summed E-state index contributed by atoms with van der Waals surface area (Å²) in [6.45, 7) is 3.39. The number of carbonyl (C=O) groups is 1. The number of anilines is 1. The van der Waals surface area contributed by atoms with Crippen LogP contribution >= 0.6 is 0 Å². The lowest BCUT2D eigenvalue weighted by Crippen LogP contribution is -2.43. The highest BCUT2D eigenvalue weighted by molar-refractivity contribution is 6.01. The molecule has 190 valence electrons. The Morgan fingerprint density at radius 3 is 2.37 bits per heavy atom. The first kappa shape index (κ1) is 25.6. The van der Waals surface area contributed by atoms with Crippen molar-refractivity contribution in [3.8, 4) is 0 Å². The molecule has 4 rings (SSSR count). The third-order valence-corrected chi connectivity index (χ3v) is 7.25. The Balaban J connectivity index is 1.30. The Kier molecular flexibility index (Phi) is 7.81. The SMILES string of the molecule is O=C(CCCN1CCC(O)(c2cccc(C(F)(F)F)c2)CC1)c1ccc(F)cc1N1CCCCC1. The molecule has 2 aliphatic rings. The minimum Gasteiger partial charge on any atom is -0.385 e. The minimum atomic E-state index is -4.45. The van der Waals surface area contributed by atoms with Gasteiger partial charge in [0.1, 0.15) is 5.82 Å². The van der Waals surface area contributed by atoms with Gasteiger partial charge in [-0.1, -0.05) is 12.1 Å². The van der Waals surface area contributed by atoms with E-state index in [1.165, 1.54) is 18.2 Å². The van der Waals surface area contributed by atoms with Gasteiger partial charge in [0, 0.05) is 38.2 Å². The normalized spacial score (nSPS) is 19.1. The second kappa shape index (κ2) is 10.7. The maximum Gasteiger partial charge on any atom is 0.416 e. The van der Waals surface area contributed by atoms with Crippen LogP contribution in [0.3, 0.4) is 0 Å². The quantitative estimate of drug-likeness (QED) is 0.393. The summed E-state index contributed by atoms with van der Waals surface area (Å²) in [5.41, 5.74) is -0.507. The number of hydrogen-bond donors (Lipinski definition) is 1. The second-order valence-corrected chi connectivity index (χ2v) is 9.69. The van der Waals surface area contributed by atoms with E-state index in [2.05, 4.69) is 9.80 Å². The topological polar surface area (TPSA) is 43.8 Å². The third kappa shape index (κ3) is 6.22. The van der Waals surface area contributed by atoms with Crippen LogP contribution in [0.1, 0.15) is 66.4 Å². The Hall–Kier alpha value is -2.45. The van der Waals surface area contributed by atoms with E-state index in [9.17, 15) is 27.5 Å². The number of hydrogen-bond acceptors (Lipinski definition) is 4. The summed E-state index contributed by atoms with van der Waals surface area (Å²) in [7, 11) is 0. The number of benzene rings is 2. The predicted octanol–water partition coefficient (Wildman–Crippen LogP) is 5.78. The van der Waals surface area contributed by atoms with Crippen molar-refractivity contribution in [1.82, 2.24) is 4.90 Å². The van der Waals surface area contributed by atoms with Crippen LogP contribution in [0.5, 0.6) is 0 Å². The summed E-state index contributed by atoms with van der Waals surface area (Å²) in [5.74, 6) is -0.355. The van der Waals surface area contributed by atoms with Crippen LogP contribution in [0, 0.1) is 5.82 Å². The van der Waals surface area contributed by atoms with Gasteiger partial charge in [-0.25, -0.2) is 4.39 Å². The van der Waals surface area contributed by atoms with Gasteiger partial charge < -0.3 is 14.9 Å². The van der Waals surface area contributed by atoms with Crippen molar-refractivity contribution < 1.29 is 27.5 Å². The molecular formula is C27H32F4N2O2. The number of carbonyl (C=O) groups excluding carboxylic acids is 1. The van der Waals surface area contributed by atoms with Crippen molar-refractivity contribution in [3.63, 3.8) is 0 Å². The lowest BCUT2D eigenvalue weighted by atomic mass is 9.83. The lowest BCUT2D eigenvalue weighted by Gasteiger charge is -2.38. The molecule has 1 N–H and O–H groups in total. The van der Waals surface area contributed by atoms with Gasteiger partial charge in [0.15, 0.2) is 5.78 Å². The average Bonchev–Trinajstić information content (AvgIpc) is 2.85. The Morgan fingerprint density at radius 2 is 1.69 bits per heavy atom. The van der Waals surface area contributed by atoms with Crippen LogP contribution in [0.25, 0.3) is 0 Å². The molecule has 0 saturated carbocycles. The fourth-order valence-electron chi connectivity index (χ4n) is 5.16. The van der Waals surface area contributed by atoms with Gasteiger partial charge in [-0.15, -0.1) is 0 Å². The van der Waals surface area contributed by atoms with Crippen LogP contribution in [0.15, 0.2) is 42.5 Å². The molecule has 2 heterocycles. The molecule has 2 fully saturated rings. The summed E-state index contributed by atoms with van der Waals surface area (Å²) >= 11 is 0. The Bertz CT molecular complexity index is 1030. The predicted molar refractivity (Wildman–Crippen MR) is 127 cm³/mol. The molecule has 2 aliphatic heterocycles. The van der Waals surface area contributed by atoms with Gasteiger partial charge >= 0.3 is 6.18 Å². The van der Waals surface area contributed by atoms with E-state index in [-0.39, 0.29) is 11.6 Å². The summed E-state index contributed by atoms with van der Waals surface area (Å²) in [6.07, 6.45) is 0.390. The largest absolute Gasteiger partial charge is 0.416 e. The first-order chi connectivity index (χ1) is 16.7. The molecular weight excluding hydrogens is 460 g/mol. The lowest BCUT2D eigenvalue weighted by molar-refractivity contribution is -0.137. The summed E-state index contributed by atoms with van der Waals surface area (Å²) in [5, 5.41) is 11.0. The van der Waals surface area contributed by atoms with Crippen molar-refractivity contribution in [2.45, 2.75) is 56.7 Å². The standard InChI is InChI=1S/C27H32F4N2O2/c28-22-9-10-23(24(19-22)33-14-2-1-3-15-33)25(34)8-5-13-32-16-11-26(35,12-17-32)20-6-4-7-21(18-20)27(29,30)31/h4,6-7,9-10,18-19,35H,1-3,5,8,11-17H2. The van der Waals surface area contributed by atoms with Crippen LogP contribution in [-0.4, -0.2) is 48.5 Å². The first-order valence-corrected chi connectivity index (χ1v) is 12.4. The molecule has 0 radical (unpaired) electrons. The van der Waals surface area contributed by atoms with E-state index in [1.807, 2.05) is 0 Å². The van der Waals surface area contributed by atoms with Gasteiger partial charge in [0.05, 0.1) is 16.9 Å². The summed E-state index contributed by atoms with van der Waals surface area (Å²) < 4.78 is 53.1. The molecule has 35 heavy (non-hydrogen) atoms. The number of ketones is 1. The Morgan fingerprint density at radius 1 is 0.971 bits per heavy atom. The maximum atomic E-state index is 13.9. The number of Topliss-reactive ketones (excluding diaryl/α,β-unsaturated/α-hetero) is 1. The van der Waals surface area contributed by atoms with Crippen molar-refractivity contribution in [3.05, 3.63) is 65.0 Å². The molecule has 0 aromatic heterocycles. The Labute approximate surface area is 203 Å². The van der Waals surface area contributed by atoms with Gasteiger partial charge in [-0.05, 0) is 81.0 Å². The minimum absolute atomic E-state index is 0.0111. The first-order valence-electron chi connectivity index (χ1n) is 12.4.